The lowest BCUT2D eigenvalue weighted by molar-refractivity contribution is -0.384. The van der Waals surface area contributed by atoms with E-state index in [0.29, 0.717) is 5.69 Å². The Labute approximate surface area is 115 Å². The molecule has 1 atom stereocenters. The molecule has 5 nitrogen and oxygen atoms in total. The van der Waals surface area contributed by atoms with Gasteiger partial charge in [-0.15, -0.1) is 11.3 Å². The van der Waals surface area contributed by atoms with Crippen LogP contribution in [0, 0.1) is 10.1 Å². The Hall–Kier alpha value is -1.95. The Morgan fingerprint density at radius 2 is 2.21 bits per heavy atom. The van der Waals surface area contributed by atoms with E-state index >= 15 is 0 Å². The van der Waals surface area contributed by atoms with Crippen LogP contribution in [0.15, 0.2) is 29.6 Å². The number of nitrogens with one attached hydrogen (secondary N) is 1. The molecule has 2 rings (SSSR count). The van der Waals surface area contributed by atoms with E-state index in [1.165, 1.54) is 6.07 Å². The summed E-state index contributed by atoms with van der Waals surface area (Å²) in [4.78, 5) is 15.0. The molecule has 0 aliphatic carbocycles. The van der Waals surface area contributed by atoms with Gasteiger partial charge in [0.2, 0.25) is 0 Å². The lowest BCUT2D eigenvalue weighted by Gasteiger charge is -2.12. The molecule has 1 N–H and O–H groups in total. The number of anilines is 1. The van der Waals surface area contributed by atoms with Crippen LogP contribution >= 0.6 is 11.3 Å². The Kier molecular flexibility index (Phi) is 4.11. The summed E-state index contributed by atoms with van der Waals surface area (Å²) in [5.74, 6) is 0. The van der Waals surface area contributed by atoms with Crippen LogP contribution in [-0.4, -0.2) is 9.91 Å². The van der Waals surface area contributed by atoms with Crippen LogP contribution in [0.3, 0.4) is 0 Å². The van der Waals surface area contributed by atoms with Gasteiger partial charge in [-0.25, -0.2) is 4.98 Å². The molecule has 0 saturated heterocycles. The van der Waals surface area contributed by atoms with Crippen LogP contribution in [0.2, 0.25) is 0 Å². The van der Waals surface area contributed by atoms with E-state index in [2.05, 4.69) is 17.2 Å². The van der Waals surface area contributed by atoms with Crippen LogP contribution in [0.4, 0.5) is 11.4 Å². The molecule has 0 fully saturated rings. The van der Waals surface area contributed by atoms with Crippen molar-refractivity contribution in [1.82, 2.24) is 4.98 Å². The zero-order chi connectivity index (χ0) is 13.8. The average Bonchev–Trinajstić information content (AvgIpc) is 2.88. The molecule has 1 aromatic heterocycles. The lowest BCUT2D eigenvalue weighted by Crippen LogP contribution is -2.08. The number of aryl methyl sites for hydroxylation is 1. The van der Waals surface area contributed by atoms with E-state index in [-0.39, 0.29) is 16.7 Å². The maximum Gasteiger partial charge on any atom is 0.292 e. The minimum Gasteiger partial charge on any atom is -0.371 e. The second-order valence-electron chi connectivity index (χ2n) is 4.17. The van der Waals surface area contributed by atoms with Crippen molar-refractivity contribution < 1.29 is 4.92 Å². The van der Waals surface area contributed by atoms with Crippen molar-refractivity contribution in [3.63, 3.8) is 0 Å². The topological polar surface area (TPSA) is 68.1 Å². The Morgan fingerprint density at radius 3 is 2.84 bits per heavy atom. The Morgan fingerprint density at radius 1 is 1.47 bits per heavy atom. The van der Waals surface area contributed by atoms with E-state index in [9.17, 15) is 10.1 Å². The van der Waals surface area contributed by atoms with Crippen molar-refractivity contribution in [2.24, 2.45) is 0 Å². The summed E-state index contributed by atoms with van der Waals surface area (Å²) < 4.78 is 0. The molecule has 0 spiro atoms. The lowest BCUT2D eigenvalue weighted by atomic mass is 10.2. The molecule has 6 heteroatoms. The third-order valence-corrected chi connectivity index (χ3v) is 3.85. The molecule has 2 aromatic rings. The standard InChI is InChI=1S/C13H15N3O2S/c1-3-10-8-19-13(15-10)9(2)14-11-6-4-5-7-12(11)16(17)18/h4-9,14H,3H2,1-2H3/t9-/m0/s1. The SMILES string of the molecule is CCc1csc([C@H](C)Nc2ccccc2[N+](=O)[O-])n1. The smallest absolute Gasteiger partial charge is 0.292 e. The first-order valence-electron chi connectivity index (χ1n) is 6.06. The first-order valence-corrected chi connectivity index (χ1v) is 6.94. The van der Waals surface area contributed by atoms with Crippen LogP contribution in [0.1, 0.15) is 30.6 Å². The Bertz CT molecular complexity index is 583. The van der Waals surface area contributed by atoms with E-state index in [0.717, 1.165) is 17.1 Å². The number of nitro benzene ring substituents is 1. The van der Waals surface area contributed by atoms with Gasteiger partial charge in [-0.3, -0.25) is 10.1 Å². The van der Waals surface area contributed by atoms with Gasteiger partial charge in [0.25, 0.3) is 5.69 Å². The second kappa shape index (κ2) is 5.79. The van der Waals surface area contributed by atoms with Crippen molar-refractivity contribution in [3.05, 3.63) is 50.5 Å². The zero-order valence-corrected chi connectivity index (χ0v) is 11.6. The number of hydrogen-bond donors (Lipinski definition) is 1. The normalized spacial score (nSPS) is 12.1. The van der Waals surface area contributed by atoms with Crippen molar-refractivity contribution in [3.8, 4) is 0 Å². The fraction of sp³-hybridized carbons (Fsp3) is 0.308. The number of rotatable bonds is 5. The van der Waals surface area contributed by atoms with Crippen molar-refractivity contribution in [2.75, 3.05) is 5.32 Å². The maximum absolute atomic E-state index is 10.9. The van der Waals surface area contributed by atoms with E-state index in [4.69, 9.17) is 0 Å². The van der Waals surface area contributed by atoms with Crippen LogP contribution in [0.5, 0.6) is 0 Å². The highest BCUT2D eigenvalue weighted by Crippen LogP contribution is 2.28. The van der Waals surface area contributed by atoms with Crippen molar-refractivity contribution >= 4 is 22.7 Å². The summed E-state index contributed by atoms with van der Waals surface area (Å²) in [6, 6.07) is 6.59. The van der Waals surface area contributed by atoms with Gasteiger partial charge < -0.3 is 5.32 Å². The monoisotopic (exact) mass is 277 g/mol. The molecule has 0 saturated carbocycles. The highest BCUT2D eigenvalue weighted by Gasteiger charge is 2.16. The maximum atomic E-state index is 10.9. The van der Waals surface area contributed by atoms with Gasteiger partial charge >= 0.3 is 0 Å². The second-order valence-corrected chi connectivity index (χ2v) is 5.06. The summed E-state index contributed by atoms with van der Waals surface area (Å²) in [5, 5.41) is 17.1. The van der Waals surface area contributed by atoms with Crippen molar-refractivity contribution in [1.29, 1.82) is 0 Å². The number of nitrogens with zero attached hydrogens (tertiary/aromatic N) is 2. The molecule has 100 valence electrons. The predicted octanol–water partition coefficient (Wildman–Crippen LogP) is 3.79. The van der Waals surface area contributed by atoms with Gasteiger partial charge in [0.15, 0.2) is 0 Å². The van der Waals surface area contributed by atoms with Crippen molar-refractivity contribution in [2.45, 2.75) is 26.3 Å². The average molecular weight is 277 g/mol. The van der Waals surface area contributed by atoms with Gasteiger partial charge in [-0.05, 0) is 19.4 Å². The number of hydrogen-bond acceptors (Lipinski definition) is 5. The number of nitro groups is 1. The molecule has 0 amide bonds. The molecule has 19 heavy (non-hydrogen) atoms. The van der Waals surface area contributed by atoms with Gasteiger partial charge in [0.1, 0.15) is 10.7 Å². The fourth-order valence-electron chi connectivity index (χ4n) is 1.73. The summed E-state index contributed by atoms with van der Waals surface area (Å²) in [7, 11) is 0. The fourth-order valence-corrected chi connectivity index (χ4v) is 2.64. The van der Waals surface area contributed by atoms with Gasteiger partial charge in [0, 0.05) is 11.4 Å². The third-order valence-electron chi connectivity index (χ3n) is 2.77. The predicted molar refractivity (Wildman–Crippen MR) is 76.6 cm³/mol. The molecule has 0 aliphatic heterocycles. The van der Waals surface area contributed by atoms with Gasteiger partial charge in [0.05, 0.1) is 16.7 Å². The molecule has 0 radical (unpaired) electrons. The summed E-state index contributed by atoms with van der Waals surface area (Å²) in [6.45, 7) is 4.01. The highest BCUT2D eigenvalue weighted by atomic mass is 32.1. The Balaban J connectivity index is 2.19. The first kappa shape index (κ1) is 13.5. The molecular weight excluding hydrogens is 262 g/mol. The van der Waals surface area contributed by atoms with Crippen LogP contribution in [-0.2, 0) is 6.42 Å². The van der Waals surface area contributed by atoms with E-state index < -0.39 is 0 Å². The molecule has 0 bridgehead atoms. The van der Waals surface area contributed by atoms with Gasteiger partial charge in [-0.1, -0.05) is 19.1 Å². The quantitative estimate of drug-likeness (QED) is 0.667. The summed E-state index contributed by atoms with van der Waals surface area (Å²) >= 11 is 1.57. The summed E-state index contributed by atoms with van der Waals surface area (Å²) in [5.41, 5.74) is 1.66. The van der Waals surface area contributed by atoms with E-state index in [1.807, 2.05) is 12.3 Å². The van der Waals surface area contributed by atoms with Crippen LogP contribution < -0.4 is 5.32 Å². The number of thiazole rings is 1. The summed E-state index contributed by atoms with van der Waals surface area (Å²) in [6.07, 6.45) is 0.898. The van der Waals surface area contributed by atoms with Gasteiger partial charge in [-0.2, -0.15) is 0 Å². The minimum atomic E-state index is -0.381. The molecular formula is C13H15N3O2S. The zero-order valence-electron chi connectivity index (χ0n) is 10.8. The highest BCUT2D eigenvalue weighted by molar-refractivity contribution is 7.09. The molecule has 0 aliphatic rings. The minimum absolute atomic E-state index is 0.0496. The first-order chi connectivity index (χ1) is 9.11. The molecule has 1 aromatic carbocycles. The number of para-hydroxylation sites is 2. The third kappa shape index (κ3) is 3.08. The molecule has 1 heterocycles. The number of aromatic nitrogens is 1. The number of benzene rings is 1. The van der Waals surface area contributed by atoms with E-state index in [1.54, 1.807) is 29.5 Å². The largest absolute Gasteiger partial charge is 0.371 e. The van der Waals surface area contributed by atoms with Crippen LogP contribution in [0.25, 0.3) is 0 Å². The molecule has 0 unspecified atom stereocenters.